The number of carbonyl (C=O) groups excluding carboxylic acids is 3. The molecule has 1 aromatic heterocycles. The maximum atomic E-state index is 13.1. The van der Waals surface area contributed by atoms with Gasteiger partial charge in [0.25, 0.3) is 5.91 Å². The molecule has 1 aliphatic carbocycles. The first-order valence-electron chi connectivity index (χ1n) is 10.8. The van der Waals surface area contributed by atoms with Crippen molar-refractivity contribution in [1.29, 1.82) is 0 Å². The average Bonchev–Trinajstić information content (AvgIpc) is 3.29. The Morgan fingerprint density at radius 1 is 1.34 bits per heavy atom. The minimum absolute atomic E-state index is 0.117. The van der Waals surface area contributed by atoms with Gasteiger partial charge in [0.1, 0.15) is 28.1 Å². The molecule has 4 rings (SSSR count). The van der Waals surface area contributed by atoms with Gasteiger partial charge in [0.05, 0.1) is 12.8 Å². The molecule has 3 heterocycles. The lowest BCUT2D eigenvalue weighted by molar-refractivity contribution is -0.154. The van der Waals surface area contributed by atoms with Crippen molar-refractivity contribution in [2.45, 2.75) is 16.6 Å². The fraction of sp³-hybridized carbons (Fsp3) is 0.400. The molecule has 4 atom stereocenters. The van der Waals surface area contributed by atoms with Crippen molar-refractivity contribution in [3.05, 3.63) is 34.2 Å². The smallest absolute Gasteiger partial charge is 0.352 e. The molecular formula is C20H20ClN7O8S2. The van der Waals surface area contributed by atoms with Gasteiger partial charge in [-0.05, 0) is 22.1 Å². The van der Waals surface area contributed by atoms with Crippen LogP contribution >= 0.6 is 35.1 Å². The normalized spacial score (nSPS) is 23.7. The molecule has 0 saturated carbocycles. The van der Waals surface area contributed by atoms with E-state index in [0.29, 0.717) is 10.7 Å². The standard InChI is InChI=1S/C20H20ClN7O8S2/c1-27-20(23-25-26-27)38-6-7-5-37-17-13(16(31)28(17)14(7)19(34)35)22-15(30)10(18(32)33)8-3-4-9(29)11(21)12(8)24-36-2/h3-4,8,10,13,17,24H,5-6H2,1-2H3,(H,22,30)(H,32,33)(H,34,35)/t8?,10?,13?,17-/m1/s1. The van der Waals surface area contributed by atoms with E-state index in [2.05, 4.69) is 26.3 Å². The molecule has 3 aliphatic rings. The molecule has 3 unspecified atom stereocenters. The number of aryl methyl sites for hydroxylation is 1. The SMILES string of the molecule is CONC1=C(Cl)C(=O)C=CC1C(C(=O)O)C(=O)NC1C(=O)N2C(C(=O)O)=C(CSc3nnnn3C)CS[C@H]12. The van der Waals surface area contributed by atoms with Crippen molar-refractivity contribution in [3.8, 4) is 0 Å². The Morgan fingerprint density at radius 2 is 2.08 bits per heavy atom. The van der Waals surface area contributed by atoms with Crippen LogP contribution < -0.4 is 10.8 Å². The van der Waals surface area contributed by atoms with E-state index in [9.17, 15) is 34.2 Å². The maximum absolute atomic E-state index is 13.1. The number of carboxylic acid groups (broad SMARTS) is 2. The van der Waals surface area contributed by atoms with Crippen molar-refractivity contribution >= 4 is 64.7 Å². The molecule has 0 aromatic carbocycles. The van der Waals surface area contributed by atoms with Crippen LogP contribution in [0.1, 0.15) is 0 Å². The Hall–Kier alpha value is -3.41. The number of nitrogens with zero attached hydrogens (tertiary/aromatic N) is 5. The summed E-state index contributed by atoms with van der Waals surface area (Å²) in [7, 11) is 2.86. The van der Waals surface area contributed by atoms with Gasteiger partial charge in [-0.25, -0.2) is 9.48 Å². The first-order valence-corrected chi connectivity index (χ1v) is 13.2. The number of β-lactam (4-membered cyclic amide) rings is 1. The number of rotatable bonds is 10. The van der Waals surface area contributed by atoms with Crippen molar-refractivity contribution in [2.24, 2.45) is 18.9 Å². The number of hydrogen-bond donors (Lipinski definition) is 4. The summed E-state index contributed by atoms with van der Waals surface area (Å²) in [5, 5.41) is 32.5. The summed E-state index contributed by atoms with van der Waals surface area (Å²) in [4.78, 5) is 68.1. The summed E-state index contributed by atoms with van der Waals surface area (Å²) in [6.45, 7) is 0. The number of hydroxylamine groups is 1. The number of allylic oxidation sites excluding steroid dienone is 3. The third-order valence-corrected chi connectivity index (χ3v) is 8.69. The average molecular weight is 586 g/mol. The summed E-state index contributed by atoms with van der Waals surface area (Å²) in [6, 6.07) is -1.16. The van der Waals surface area contributed by atoms with Crippen LogP contribution in [0.5, 0.6) is 0 Å². The second-order valence-electron chi connectivity index (χ2n) is 8.13. The van der Waals surface area contributed by atoms with E-state index in [0.717, 1.165) is 11.0 Å². The molecule has 38 heavy (non-hydrogen) atoms. The third kappa shape index (κ3) is 5.01. The van der Waals surface area contributed by atoms with Crippen molar-refractivity contribution < 1.29 is 39.0 Å². The van der Waals surface area contributed by atoms with Gasteiger partial charge >= 0.3 is 11.9 Å². The number of carboxylic acids is 2. The maximum Gasteiger partial charge on any atom is 0.352 e. The van der Waals surface area contributed by atoms with Gasteiger partial charge in [-0.3, -0.25) is 34.4 Å². The highest BCUT2D eigenvalue weighted by molar-refractivity contribution is 8.01. The Bertz CT molecular complexity index is 1310. The molecule has 0 radical (unpaired) electrons. The second kappa shape index (κ2) is 11.1. The monoisotopic (exact) mass is 585 g/mol. The fourth-order valence-electron chi connectivity index (χ4n) is 4.10. The van der Waals surface area contributed by atoms with Crippen LogP contribution in [0.3, 0.4) is 0 Å². The number of carbonyl (C=O) groups is 5. The lowest BCUT2D eigenvalue weighted by Gasteiger charge is -2.49. The number of hydrogen-bond acceptors (Lipinski definition) is 12. The van der Waals surface area contributed by atoms with Crippen LogP contribution in [0.2, 0.25) is 0 Å². The molecule has 2 amide bonds. The number of halogens is 1. The first kappa shape index (κ1) is 27.6. The van der Waals surface area contributed by atoms with E-state index in [1.807, 2.05) is 0 Å². The van der Waals surface area contributed by atoms with Gasteiger partial charge in [-0.2, -0.15) is 0 Å². The van der Waals surface area contributed by atoms with Gasteiger partial charge < -0.3 is 15.5 Å². The highest BCUT2D eigenvalue weighted by Gasteiger charge is 2.55. The van der Waals surface area contributed by atoms with Crippen molar-refractivity contribution in [2.75, 3.05) is 18.6 Å². The highest BCUT2D eigenvalue weighted by atomic mass is 35.5. The van der Waals surface area contributed by atoms with E-state index in [-0.39, 0.29) is 27.9 Å². The second-order valence-corrected chi connectivity index (χ2v) is 10.6. The van der Waals surface area contributed by atoms with E-state index >= 15 is 0 Å². The Balaban J connectivity index is 1.51. The van der Waals surface area contributed by atoms with Gasteiger partial charge in [0.15, 0.2) is 5.78 Å². The summed E-state index contributed by atoms with van der Waals surface area (Å²) in [6.07, 6.45) is 2.25. The van der Waals surface area contributed by atoms with Crippen LogP contribution in [0.15, 0.2) is 39.3 Å². The number of amides is 2. The predicted octanol–water partition coefficient (Wildman–Crippen LogP) is -0.902. The summed E-state index contributed by atoms with van der Waals surface area (Å²) in [5.74, 6) is -7.67. The van der Waals surface area contributed by atoms with Gasteiger partial charge in [0, 0.05) is 24.5 Å². The number of ketones is 1. The topological polar surface area (TPSA) is 206 Å². The largest absolute Gasteiger partial charge is 0.481 e. The molecular weight excluding hydrogens is 566 g/mol. The zero-order chi connectivity index (χ0) is 27.7. The molecule has 4 N–H and O–H groups in total. The van der Waals surface area contributed by atoms with E-state index in [1.54, 1.807) is 7.05 Å². The Labute approximate surface area is 227 Å². The van der Waals surface area contributed by atoms with Gasteiger partial charge in [-0.1, -0.05) is 29.4 Å². The molecule has 0 bridgehead atoms. The zero-order valence-electron chi connectivity index (χ0n) is 19.7. The number of nitrogens with one attached hydrogen (secondary N) is 2. The quantitative estimate of drug-likeness (QED) is 0.114. The summed E-state index contributed by atoms with van der Waals surface area (Å²) < 4.78 is 1.43. The highest BCUT2D eigenvalue weighted by Crippen LogP contribution is 2.42. The lowest BCUT2D eigenvalue weighted by atomic mass is 9.84. The van der Waals surface area contributed by atoms with E-state index in [4.69, 9.17) is 16.4 Å². The van der Waals surface area contributed by atoms with E-state index < -0.39 is 52.8 Å². The molecule has 1 aromatic rings. The number of tetrazole rings is 1. The number of thioether (sulfide) groups is 2. The molecule has 1 saturated heterocycles. The van der Waals surface area contributed by atoms with Crippen LogP contribution in [0.4, 0.5) is 0 Å². The number of aliphatic carboxylic acids is 2. The third-order valence-electron chi connectivity index (χ3n) is 5.87. The van der Waals surface area contributed by atoms with E-state index in [1.165, 1.54) is 41.4 Å². The minimum atomic E-state index is -1.78. The number of aromatic nitrogens is 4. The molecule has 15 nitrogen and oxygen atoms in total. The Kier molecular flexibility index (Phi) is 8.10. The van der Waals surface area contributed by atoms with Crippen molar-refractivity contribution in [3.63, 3.8) is 0 Å². The first-order chi connectivity index (χ1) is 18.1. The van der Waals surface area contributed by atoms with Gasteiger partial charge in [-0.15, -0.1) is 16.9 Å². The van der Waals surface area contributed by atoms with Crippen molar-refractivity contribution in [1.82, 2.24) is 35.9 Å². The predicted molar refractivity (Wildman–Crippen MR) is 131 cm³/mol. The zero-order valence-corrected chi connectivity index (χ0v) is 22.0. The van der Waals surface area contributed by atoms with Crippen LogP contribution in [0, 0.1) is 11.8 Å². The minimum Gasteiger partial charge on any atom is -0.481 e. The molecule has 2 aliphatic heterocycles. The van der Waals surface area contributed by atoms with Gasteiger partial charge in [0.2, 0.25) is 11.1 Å². The van der Waals surface area contributed by atoms with Crippen LogP contribution in [0.25, 0.3) is 0 Å². The lowest BCUT2D eigenvalue weighted by Crippen LogP contribution is -2.71. The fourth-order valence-corrected chi connectivity index (χ4v) is 6.66. The Morgan fingerprint density at radius 3 is 2.68 bits per heavy atom. The molecule has 18 heteroatoms. The van der Waals surface area contributed by atoms with Crippen LogP contribution in [-0.4, -0.2) is 94.9 Å². The molecule has 0 spiro atoms. The van der Waals surface area contributed by atoms with Crippen LogP contribution in [-0.2, 0) is 35.9 Å². The number of fused-ring (bicyclic) bond motifs is 1. The summed E-state index contributed by atoms with van der Waals surface area (Å²) in [5.41, 5.74) is 2.51. The summed E-state index contributed by atoms with van der Waals surface area (Å²) >= 11 is 8.46. The molecule has 1 fully saturated rings. The molecule has 202 valence electrons.